The van der Waals surface area contributed by atoms with Crippen molar-refractivity contribution in [1.82, 2.24) is 15.2 Å². The zero-order valence-corrected chi connectivity index (χ0v) is 17.1. The van der Waals surface area contributed by atoms with Gasteiger partial charge < -0.3 is 10.3 Å². The number of nitrogens with one attached hydrogen (secondary N) is 2. The van der Waals surface area contributed by atoms with E-state index >= 15 is 0 Å². The molecule has 2 heterocycles. The minimum atomic E-state index is -0.0830. The number of hydrogen-bond acceptors (Lipinski definition) is 6. The number of nitrogens with zero attached hydrogens (tertiary/aromatic N) is 2. The highest BCUT2D eigenvalue weighted by Crippen LogP contribution is 2.28. The van der Waals surface area contributed by atoms with E-state index < -0.39 is 0 Å². The number of hydrogen-bond donors (Lipinski definition) is 2. The van der Waals surface area contributed by atoms with Crippen LogP contribution in [0, 0.1) is 0 Å². The summed E-state index contributed by atoms with van der Waals surface area (Å²) in [6, 6.07) is 18.9. The third-order valence-electron chi connectivity index (χ3n) is 4.28. The van der Waals surface area contributed by atoms with Crippen molar-refractivity contribution < 1.29 is 4.79 Å². The molecule has 0 unspecified atom stereocenters. The Kier molecular flexibility index (Phi) is 6.02. The first kappa shape index (κ1) is 19.4. The number of rotatable bonds is 7. The highest BCUT2D eigenvalue weighted by Gasteiger charge is 2.10. The molecule has 4 aromatic rings. The molecule has 4 rings (SSSR count). The second kappa shape index (κ2) is 9.02. The van der Waals surface area contributed by atoms with Crippen molar-refractivity contribution in [3.63, 3.8) is 0 Å². The molecule has 6 nitrogen and oxygen atoms in total. The monoisotopic (exact) mass is 422 g/mol. The van der Waals surface area contributed by atoms with Crippen molar-refractivity contribution in [3.8, 4) is 0 Å². The van der Waals surface area contributed by atoms with Gasteiger partial charge in [0.2, 0.25) is 11.0 Å². The van der Waals surface area contributed by atoms with Gasteiger partial charge in [0.25, 0.3) is 0 Å². The Bertz CT molecular complexity index is 1190. The van der Waals surface area contributed by atoms with Gasteiger partial charge in [-0.15, -0.1) is 10.2 Å². The van der Waals surface area contributed by atoms with E-state index in [1.54, 1.807) is 6.07 Å². The van der Waals surface area contributed by atoms with E-state index in [1.807, 2.05) is 54.6 Å². The summed E-state index contributed by atoms with van der Waals surface area (Å²) in [5.41, 5.74) is 2.76. The predicted molar refractivity (Wildman–Crippen MR) is 117 cm³/mol. The first-order valence-electron chi connectivity index (χ1n) is 9.08. The fourth-order valence-electron chi connectivity index (χ4n) is 2.87. The van der Waals surface area contributed by atoms with Gasteiger partial charge in [0, 0.05) is 34.8 Å². The fourth-order valence-corrected chi connectivity index (χ4v) is 4.55. The van der Waals surface area contributed by atoms with Gasteiger partial charge in [-0.05, 0) is 24.1 Å². The van der Waals surface area contributed by atoms with Gasteiger partial charge in [0.15, 0.2) is 9.77 Å². The number of thioether (sulfide) groups is 1. The zero-order valence-electron chi connectivity index (χ0n) is 15.4. The molecule has 0 aliphatic heterocycles. The van der Waals surface area contributed by atoms with E-state index in [0.717, 1.165) is 21.1 Å². The van der Waals surface area contributed by atoms with Gasteiger partial charge in [-0.2, -0.15) is 0 Å². The molecule has 8 heteroatoms. The van der Waals surface area contributed by atoms with Crippen LogP contribution in [-0.2, 0) is 17.0 Å². The maximum absolute atomic E-state index is 12.2. The van der Waals surface area contributed by atoms with Crippen molar-refractivity contribution in [2.75, 3.05) is 5.32 Å². The van der Waals surface area contributed by atoms with Crippen LogP contribution >= 0.6 is 23.1 Å². The van der Waals surface area contributed by atoms with Crippen LogP contribution in [0.2, 0.25) is 0 Å². The number of amides is 1. The van der Waals surface area contributed by atoms with E-state index in [1.165, 1.54) is 23.1 Å². The molecule has 0 bridgehead atoms. The predicted octanol–water partition coefficient (Wildman–Crippen LogP) is 4.24. The summed E-state index contributed by atoms with van der Waals surface area (Å²) < 4.78 is 0.734. The third-order valence-corrected chi connectivity index (χ3v) is 6.30. The molecule has 0 radical (unpaired) electrons. The molecular formula is C21H18N4O2S2. The topological polar surface area (TPSA) is 87.7 Å². The van der Waals surface area contributed by atoms with Crippen LogP contribution in [0.4, 0.5) is 5.13 Å². The largest absolute Gasteiger partial charge is 0.357 e. The minimum absolute atomic E-state index is 0.00131. The van der Waals surface area contributed by atoms with Gasteiger partial charge in [-0.3, -0.25) is 9.59 Å². The van der Waals surface area contributed by atoms with Gasteiger partial charge in [0.1, 0.15) is 0 Å². The summed E-state index contributed by atoms with van der Waals surface area (Å²) in [4.78, 5) is 27.6. The number of aromatic nitrogens is 3. The molecule has 0 saturated heterocycles. The van der Waals surface area contributed by atoms with E-state index in [-0.39, 0.29) is 11.3 Å². The lowest BCUT2D eigenvalue weighted by atomic mass is 10.1. The number of para-hydroxylation sites is 1. The Hall–Kier alpha value is -2.97. The van der Waals surface area contributed by atoms with Crippen molar-refractivity contribution in [2.45, 2.75) is 22.9 Å². The average molecular weight is 423 g/mol. The number of anilines is 1. The maximum Gasteiger partial charge on any atom is 0.226 e. The summed E-state index contributed by atoms with van der Waals surface area (Å²) in [5.74, 6) is 0.483. The van der Waals surface area contributed by atoms with Crippen LogP contribution in [0.3, 0.4) is 0 Å². The molecule has 0 aliphatic rings. The number of aryl methyl sites for hydroxylation is 1. The highest BCUT2D eigenvalue weighted by atomic mass is 32.2. The summed E-state index contributed by atoms with van der Waals surface area (Å²) in [7, 11) is 0. The van der Waals surface area contributed by atoms with E-state index in [2.05, 4.69) is 20.5 Å². The SMILES string of the molecule is O=C(CCc1ccccc1)Nc1nnc(SCc2cc(=O)c3ccccc3[nH]2)s1. The van der Waals surface area contributed by atoms with Crippen LogP contribution in [0.5, 0.6) is 0 Å². The summed E-state index contributed by atoms with van der Waals surface area (Å²) in [5, 5.41) is 12.1. The second-order valence-corrected chi connectivity index (χ2v) is 8.60. The number of carbonyl (C=O) groups excluding carboxylic acids is 1. The molecular weight excluding hydrogens is 404 g/mol. The Morgan fingerprint density at radius 3 is 2.72 bits per heavy atom. The summed E-state index contributed by atoms with van der Waals surface area (Å²) in [6.07, 6.45) is 1.08. The molecule has 0 saturated carbocycles. The first-order chi connectivity index (χ1) is 14.2. The molecule has 29 heavy (non-hydrogen) atoms. The van der Waals surface area contributed by atoms with Gasteiger partial charge in [0.05, 0.1) is 0 Å². The number of benzene rings is 2. The quantitative estimate of drug-likeness (QED) is 0.343. The minimum Gasteiger partial charge on any atom is -0.357 e. The lowest BCUT2D eigenvalue weighted by Crippen LogP contribution is -2.12. The Morgan fingerprint density at radius 2 is 1.86 bits per heavy atom. The molecule has 0 fully saturated rings. The number of aromatic amines is 1. The second-order valence-electron chi connectivity index (χ2n) is 6.40. The fraction of sp³-hybridized carbons (Fsp3) is 0.143. The van der Waals surface area contributed by atoms with Crippen molar-refractivity contribution in [3.05, 3.63) is 82.1 Å². The maximum atomic E-state index is 12.2. The molecule has 0 aliphatic carbocycles. The lowest BCUT2D eigenvalue weighted by Gasteiger charge is -2.03. The van der Waals surface area contributed by atoms with E-state index in [9.17, 15) is 9.59 Å². The Labute approximate surface area is 175 Å². The van der Waals surface area contributed by atoms with E-state index in [4.69, 9.17) is 0 Å². The van der Waals surface area contributed by atoms with E-state index in [0.29, 0.717) is 29.1 Å². The van der Waals surface area contributed by atoms with Crippen LogP contribution in [0.15, 0.2) is 69.8 Å². The number of pyridine rings is 1. The highest BCUT2D eigenvalue weighted by molar-refractivity contribution is 8.00. The van der Waals surface area contributed by atoms with Gasteiger partial charge >= 0.3 is 0 Å². The molecule has 2 aromatic carbocycles. The van der Waals surface area contributed by atoms with Gasteiger partial charge in [-0.1, -0.05) is 65.6 Å². The average Bonchev–Trinajstić information content (AvgIpc) is 3.19. The molecule has 1 amide bonds. The third kappa shape index (κ3) is 5.10. The molecule has 2 N–H and O–H groups in total. The van der Waals surface area contributed by atoms with Crippen LogP contribution in [0.1, 0.15) is 17.7 Å². The van der Waals surface area contributed by atoms with Crippen LogP contribution in [0.25, 0.3) is 10.9 Å². The lowest BCUT2D eigenvalue weighted by molar-refractivity contribution is -0.116. The smallest absolute Gasteiger partial charge is 0.226 e. The number of H-pyrrole nitrogens is 1. The zero-order chi connectivity index (χ0) is 20.1. The standard InChI is InChI=1S/C21H18N4O2S2/c26-18-12-15(22-17-9-5-4-8-16(17)18)13-28-21-25-24-20(29-21)23-19(27)11-10-14-6-2-1-3-7-14/h1-9,12H,10-11,13H2,(H,22,26)(H,23,24,27). The van der Waals surface area contributed by atoms with Gasteiger partial charge in [-0.25, -0.2) is 0 Å². The number of fused-ring (bicyclic) bond motifs is 1. The number of carbonyl (C=O) groups is 1. The Morgan fingerprint density at radius 1 is 1.07 bits per heavy atom. The molecule has 0 atom stereocenters. The Balaban J connectivity index is 1.32. The van der Waals surface area contributed by atoms with Crippen molar-refractivity contribution >= 4 is 45.0 Å². The summed E-state index contributed by atoms with van der Waals surface area (Å²) >= 11 is 2.80. The summed E-state index contributed by atoms with van der Waals surface area (Å²) in [6.45, 7) is 0. The van der Waals surface area contributed by atoms with Crippen molar-refractivity contribution in [2.24, 2.45) is 0 Å². The van der Waals surface area contributed by atoms with Crippen LogP contribution < -0.4 is 10.7 Å². The van der Waals surface area contributed by atoms with Crippen LogP contribution in [-0.4, -0.2) is 21.1 Å². The normalized spacial score (nSPS) is 10.9. The molecule has 2 aromatic heterocycles. The molecule has 0 spiro atoms. The first-order valence-corrected chi connectivity index (χ1v) is 10.9. The van der Waals surface area contributed by atoms with Crippen molar-refractivity contribution in [1.29, 1.82) is 0 Å². The molecule has 146 valence electrons.